The third-order valence-corrected chi connectivity index (χ3v) is 4.85. The lowest BCUT2D eigenvalue weighted by molar-refractivity contribution is -0.139. The van der Waals surface area contributed by atoms with Crippen LogP contribution in [0.25, 0.3) is 0 Å². The summed E-state index contributed by atoms with van der Waals surface area (Å²) in [6.45, 7) is 5.11. The van der Waals surface area contributed by atoms with E-state index in [0.29, 0.717) is 5.56 Å². The number of nitrogens with one attached hydrogen (secondary N) is 2. The average Bonchev–Trinajstić information content (AvgIpc) is 2.51. The molecule has 0 aromatic heterocycles. The maximum atomic E-state index is 12.7. The van der Waals surface area contributed by atoms with Crippen LogP contribution in [0.5, 0.6) is 5.75 Å². The van der Waals surface area contributed by atoms with Gasteiger partial charge >= 0.3 is 5.97 Å². The minimum Gasteiger partial charge on any atom is -0.495 e. The summed E-state index contributed by atoms with van der Waals surface area (Å²) in [6, 6.07) is 3.19. The van der Waals surface area contributed by atoms with Crippen molar-refractivity contribution in [3.05, 3.63) is 23.8 Å². The number of methoxy groups -OCH3 is 1. The van der Waals surface area contributed by atoms with E-state index in [9.17, 15) is 23.1 Å². The van der Waals surface area contributed by atoms with Crippen LogP contribution in [-0.2, 0) is 26.2 Å². The Balaban J connectivity index is 3.18. The van der Waals surface area contributed by atoms with Crippen molar-refractivity contribution in [2.45, 2.75) is 44.7 Å². The van der Waals surface area contributed by atoms with Crippen LogP contribution in [0.2, 0.25) is 0 Å². The van der Waals surface area contributed by atoms with E-state index in [2.05, 4.69) is 10.0 Å². The summed E-state index contributed by atoms with van der Waals surface area (Å²) < 4.78 is 32.6. The van der Waals surface area contributed by atoms with Gasteiger partial charge in [-0.3, -0.25) is 9.59 Å². The van der Waals surface area contributed by atoms with Crippen LogP contribution in [0, 0.1) is 5.92 Å². The number of amides is 1. The van der Waals surface area contributed by atoms with Gasteiger partial charge in [-0.15, -0.1) is 0 Å². The molecule has 0 saturated heterocycles. The van der Waals surface area contributed by atoms with E-state index in [1.165, 1.54) is 26.2 Å². The van der Waals surface area contributed by atoms with E-state index in [-0.39, 0.29) is 35.4 Å². The molecule has 140 valence electrons. The van der Waals surface area contributed by atoms with Crippen LogP contribution >= 0.6 is 0 Å². The fourth-order valence-electron chi connectivity index (χ4n) is 2.19. The van der Waals surface area contributed by atoms with Crippen LogP contribution in [0.3, 0.4) is 0 Å². The van der Waals surface area contributed by atoms with Crippen LogP contribution in [-0.4, -0.2) is 38.6 Å². The molecule has 0 aliphatic carbocycles. The maximum absolute atomic E-state index is 12.7. The molecule has 1 atom stereocenters. The number of hydrogen-bond donors (Lipinski definition) is 3. The lowest BCUT2D eigenvalue weighted by Crippen LogP contribution is -2.41. The topological polar surface area (TPSA) is 122 Å². The number of carboxylic acids is 1. The van der Waals surface area contributed by atoms with Gasteiger partial charge in [0.05, 0.1) is 7.11 Å². The first-order chi connectivity index (χ1) is 11.6. The van der Waals surface area contributed by atoms with Gasteiger partial charge in [-0.25, -0.2) is 8.42 Å². The van der Waals surface area contributed by atoms with E-state index < -0.39 is 22.0 Å². The summed E-state index contributed by atoms with van der Waals surface area (Å²) in [7, 11) is -2.80. The third kappa shape index (κ3) is 6.35. The number of rotatable bonds is 9. The predicted molar refractivity (Wildman–Crippen MR) is 91.7 cm³/mol. The summed E-state index contributed by atoms with van der Waals surface area (Å²) in [5.74, 6) is -1.41. The van der Waals surface area contributed by atoms with Crippen LogP contribution in [0.1, 0.15) is 32.8 Å². The molecular formula is C16H24N2O6S. The van der Waals surface area contributed by atoms with E-state index in [4.69, 9.17) is 4.74 Å². The van der Waals surface area contributed by atoms with Gasteiger partial charge in [-0.05, 0) is 30.0 Å². The molecule has 0 radical (unpaired) electrons. The van der Waals surface area contributed by atoms with Crippen molar-refractivity contribution in [3.8, 4) is 5.75 Å². The highest BCUT2D eigenvalue weighted by Gasteiger charge is 2.28. The second-order valence-electron chi connectivity index (χ2n) is 6.04. The molecule has 1 rings (SSSR count). The summed E-state index contributed by atoms with van der Waals surface area (Å²) in [4.78, 5) is 22.2. The number of benzene rings is 1. The molecule has 0 aliphatic rings. The normalized spacial score (nSPS) is 12.7. The Hall–Kier alpha value is -2.13. The van der Waals surface area contributed by atoms with E-state index >= 15 is 0 Å². The molecule has 0 spiro atoms. The van der Waals surface area contributed by atoms with Gasteiger partial charge in [-0.2, -0.15) is 4.72 Å². The van der Waals surface area contributed by atoms with E-state index in [1.54, 1.807) is 19.9 Å². The first-order valence-corrected chi connectivity index (χ1v) is 9.21. The van der Waals surface area contributed by atoms with Gasteiger partial charge in [0.1, 0.15) is 16.7 Å². The molecule has 1 aromatic carbocycles. The zero-order valence-corrected chi connectivity index (χ0v) is 15.5. The molecule has 0 aliphatic heterocycles. The van der Waals surface area contributed by atoms with Gasteiger partial charge in [0, 0.05) is 13.5 Å². The van der Waals surface area contributed by atoms with Crippen molar-refractivity contribution in [2.75, 3.05) is 7.11 Å². The van der Waals surface area contributed by atoms with Crippen molar-refractivity contribution >= 4 is 21.9 Å². The van der Waals surface area contributed by atoms with Crippen molar-refractivity contribution in [1.29, 1.82) is 0 Å². The molecule has 3 N–H and O–H groups in total. The molecule has 0 fully saturated rings. The Kier molecular flexibility index (Phi) is 7.38. The number of hydrogen-bond acceptors (Lipinski definition) is 5. The number of carbonyl (C=O) groups excluding carboxylic acids is 1. The van der Waals surface area contributed by atoms with Crippen molar-refractivity contribution in [2.24, 2.45) is 5.92 Å². The monoisotopic (exact) mass is 372 g/mol. The lowest BCUT2D eigenvalue weighted by Gasteiger charge is -2.18. The molecule has 0 saturated carbocycles. The number of ether oxygens (including phenoxy) is 1. The number of aliphatic carboxylic acids is 1. The van der Waals surface area contributed by atoms with Crippen LogP contribution < -0.4 is 14.8 Å². The molecule has 0 bridgehead atoms. The Morgan fingerprint density at radius 3 is 2.40 bits per heavy atom. The molecule has 0 heterocycles. The highest BCUT2D eigenvalue weighted by Crippen LogP contribution is 2.25. The summed E-state index contributed by atoms with van der Waals surface area (Å²) >= 11 is 0. The number of carbonyl (C=O) groups is 2. The standard InChI is InChI=1S/C16H24N2O6S/c1-10(2)7-13(16(20)21)18-25(22,23)15-8-12(9-17-11(3)19)5-6-14(15)24-4/h5-6,8,10,13,18H,7,9H2,1-4H3,(H,17,19)(H,20,21). The first kappa shape index (κ1) is 20.9. The predicted octanol–water partition coefficient (Wildman–Crippen LogP) is 1.11. The van der Waals surface area contributed by atoms with E-state index in [1.807, 2.05) is 0 Å². The lowest BCUT2D eigenvalue weighted by atomic mass is 10.1. The molecule has 8 nitrogen and oxygen atoms in total. The zero-order valence-electron chi connectivity index (χ0n) is 14.7. The number of carboxylic acid groups (broad SMARTS) is 1. The molecule has 1 amide bonds. The molecule has 25 heavy (non-hydrogen) atoms. The molecule has 9 heteroatoms. The van der Waals surface area contributed by atoms with Gasteiger partial charge in [0.25, 0.3) is 0 Å². The van der Waals surface area contributed by atoms with Crippen molar-refractivity contribution in [1.82, 2.24) is 10.0 Å². The SMILES string of the molecule is COc1ccc(CNC(C)=O)cc1S(=O)(=O)NC(CC(C)C)C(=O)O. The van der Waals surface area contributed by atoms with E-state index in [0.717, 1.165) is 0 Å². The minimum absolute atomic E-state index is 0.00297. The third-order valence-electron chi connectivity index (χ3n) is 3.36. The highest BCUT2D eigenvalue weighted by atomic mass is 32.2. The molecule has 1 aromatic rings. The van der Waals surface area contributed by atoms with Crippen molar-refractivity contribution in [3.63, 3.8) is 0 Å². The van der Waals surface area contributed by atoms with Crippen LogP contribution in [0.15, 0.2) is 23.1 Å². The molecular weight excluding hydrogens is 348 g/mol. The van der Waals surface area contributed by atoms with Gasteiger partial charge in [0.2, 0.25) is 15.9 Å². The van der Waals surface area contributed by atoms with Crippen molar-refractivity contribution < 1.29 is 27.9 Å². The molecule has 1 unspecified atom stereocenters. The van der Waals surface area contributed by atoms with Gasteiger partial charge in [-0.1, -0.05) is 19.9 Å². The summed E-state index contributed by atoms with van der Waals surface area (Å²) in [6.07, 6.45) is 0.155. The Bertz CT molecular complexity index is 730. The average molecular weight is 372 g/mol. The Morgan fingerprint density at radius 2 is 1.92 bits per heavy atom. The summed E-state index contributed by atoms with van der Waals surface area (Å²) in [5.41, 5.74) is 0.548. The van der Waals surface area contributed by atoms with Gasteiger partial charge < -0.3 is 15.2 Å². The summed E-state index contributed by atoms with van der Waals surface area (Å²) in [5, 5.41) is 11.8. The Morgan fingerprint density at radius 1 is 1.28 bits per heavy atom. The maximum Gasteiger partial charge on any atom is 0.321 e. The van der Waals surface area contributed by atoms with Crippen LogP contribution in [0.4, 0.5) is 0 Å². The quantitative estimate of drug-likeness (QED) is 0.597. The highest BCUT2D eigenvalue weighted by molar-refractivity contribution is 7.89. The second-order valence-corrected chi connectivity index (χ2v) is 7.72. The fraction of sp³-hybridized carbons (Fsp3) is 0.500. The first-order valence-electron chi connectivity index (χ1n) is 7.73. The number of sulfonamides is 1. The largest absolute Gasteiger partial charge is 0.495 e. The zero-order chi connectivity index (χ0) is 19.2. The van der Waals surface area contributed by atoms with Gasteiger partial charge in [0.15, 0.2) is 0 Å². The fourth-order valence-corrected chi connectivity index (χ4v) is 3.61. The minimum atomic E-state index is -4.12. The smallest absolute Gasteiger partial charge is 0.321 e. The second kappa shape index (κ2) is 8.82. The Labute approximate surface area is 147 Å².